The largest absolute Gasteiger partial charge is 0.416 e. The van der Waals surface area contributed by atoms with Gasteiger partial charge in [-0.25, -0.2) is 4.39 Å². The van der Waals surface area contributed by atoms with E-state index >= 15 is 0 Å². The summed E-state index contributed by atoms with van der Waals surface area (Å²) in [6, 6.07) is 9.33. The highest BCUT2D eigenvalue weighted by Crippen LogP contribution is 2.37. The number of hydrogen-bond acceptors (Lipinski definition) is 3. The molecule has 192 valence electrons. The fourth-order valence-electron chi connectivity index (χ4n) is 4.29. The SMILES string of the molecule is CN(C)C1CC(=O)N2CC(OCc3cc(C(F)(F)F)cc(C(F)(F)F)c3)CC12.Fc1ccccc1. The second-order valence-corrected chi connectivity index (χ2v) is 8.73. The number of likely N-dealkylation sites (N-methyl/N-ethyl adjacent to an activating group) is 1. The molecule has 0 radical (unpaired) electrons. The monoisotopic (exact) mass is 506 g/mol. The molecule has 4 nitrogen and oxygen atoms in total. The second kappa shape index (κ2) is 10.5. The Bertz CT molecular complexity index is 977. The molecule has 0 saturated carbocycles. The number of alkyl halides is 6. The fraction of sp³-hybridized carbons (Fsp3) is 0.458. The quantitative estimate of drug-likeness (QED) is 0.523. The summed E-state index contributed by atoms with van der Waals surface area (Å²) in [6.07, 6.45) is -9.32. The maximum Gasteiger partial charge on any atom is 0.416 e. The summed E-state index contributed by atoms with van der Waals surface area (Å²) in [5, 5.41) is 0. The van der Waals surface area contributed by atoms with E-state index in [-0.39, 0.29) is 42.0 Å². The van der Waals surface area contributed by atoms with E-state index in [4.69, 9.17) is 4.74 Å². The van der Waals surface area contributed by atoms with E-state index in [0.717, 1.165) is 0 Å². The van der Waals surface area contributed by atoms with Gasteiger partial charge in [0.15, 0.2) is 0 Å². The smallest absolute Gasteiger partial charge is 0.372 e. The molecular formula is C24H25F7N2O2. The van der Waals surface area contributed by atoms with Gasteiger partial charge >= 0.3 is 12.4 Å². The van der Waals surface area contributed by atoms with Crippen molar-refractivity contribution in [1.29, 1.82) is 0 Å². The van der Waals surface area contributed by atoms with Crippen molar-refractivity contribution < 1.29 is 40.3 Å². The molecule has 2 heterocycles. The van der Waals surface area contributed by atoms with E-state index < -0.39 is 29.6 Å². The third-order valence-electron chi connectivity index (χ3n) is 5.98. The van der Waals surface area contributed by atoms with Crippen LogP contribution in [-0.4, -0.2) is 54.5 Å². The van der Waals surface area contributed by atoms with Crippen LogP contribution in [0.4, 0.5) is 30.7 Å². The standard InChI is InChI=1S/C18H20F6N2O2.C6H5F/c1-25(2)14-7-16(27)26-8-13(6-15(14)26)28-9-10-3-11(17(19,20)21)5-12(4-10)18(22,23)24;7-6-4-2-1-3-5-6/h3-5,13-15H,6-9H2,1-2H3;1-5H. The van der Waals surface area contributed by atoms with Crippen molar-refractivity contribution in [3.63, 3.8) is 0 Å². The number of carbonyl (C=O) groups excluding carboxylic acids is 1. The van der Waals surface area contributed by atoms with Crippen LogP contribution >= 0.6 is 0 Å². The number of nitrogens with zero attached hydrogens (tertiary/aromatic N) is 2. The number of benzene rings is 2. The van der Waals surface area contributed by atoms with Crippen molar-refractivity contribution in [2.45, 2.75) is 50.0 Å². The van der Waals surface area contributed by atoms with Gasteiger partial charge in [-0.15, -0.1) is 0 Å². The van der Waals surface area contributed by atoms with Gasteiger partial charge in [0.05, 0.1) is 29.9 Å². The lowest BCUT2D eigenvalue weighted by Crippen LogP contribution is -2.38. The van der Waals surface area contributed by atoms with Crippen LogP contribution in [-0.2, 0) is 28.5 Å². The zero-order valence-corrected chi connectivity index (χ0v) is 19.0. The molecule has 1 amide bonds. The Labute approximate surface area is 198 Å². The second-order valence-electron chi connectivity index (χ2n) is 8.73. The molecule has 0 spiro atoms. The molecule has 0 aliphatic carbocycles. The lowest BCUT2D eigenvalue weighted by Gasteiger charge is -2.25. The molecule has 2 aromatic carbocycles. The van der Waals surface area contributed by atoms with Gasteiger partial charge in [-0.05, 0) is 56.4 Å². The normalized spacial score (nSPS) is 22.3. The summed E-state index contributed by atoms with van der Waals surface area (Å²) in [6.45, 7) is -0.0992. The molecule has 0 bridgehead atoms. The lowest BCUT2D eigenvalue weighted by molar-refractivity contribution is -0.143. The topological polar surface area (TPSA) is 32.8 Å². The van der Waals surface area contributed by atoms with Crippen LogP contribution in [0, 0.1) is 5.82 Å². The number of carbonyl (C=O) groups is 1. The zero-order chi connectivity index (χ0) is 26.0. The molecular weight excluding hydrogens is 481 g/mol. The van der Waals surface area contributed by atoms with Crippen molar-refractivity contribution in [1.82, 2.24) is 9.80 Å². The van der Waals surface area contributed by atoms with Crippen LogP contribution in [0.5, 0.6) is 0 Å². The molecule has 2 aliphatic heterocycles. The van der Waals surface area contributed by atoms with Gasteiger partial charge in [-0.1, -0.05) is 18.2 Å². The zero-order valence-electron chi connectivity index (χ0n) is 19.0. The number of hydrogen-bond donors (Lipinski definition) is 0. The Hall–Kier alpha value is -2.66. The summed E-state index contributed by atoms with van der Waals surface area (Å²) >= 11 is 0. The number of ether oxygens (including phenoxy) is 1. The highest BCUT2D eigenvalue weighted by molar-refractivity contribution is 5.80. The minimum Gasteiger partial charge on any atom is -0.372 e. The van der Waals surface area contributed by atoms with Crippen molar-refractivity contribution in [3.8, 4) is 0 Å². The Morgan fingerprint density at radius 3 is 2.00 bits per heavy atom. The molecule has 11 heteroatoms. The summed E-state index contributed by atoms with van der Waals surface area (Å²) in [7, 11) is 3.72. The predicted octanol–water partition coefficient (Wildman–Crippen LogP) is 5.37. The first-order valence-corrected chi connectivity index (χ1v) is 10.8. The fourth-order valence-corrected chi connectivity index (χ4v) is 4.29. The molecule has 35 heavy (non-hydrogen) atoms. The first-order chi connectivity index (χ1) is 16.3. The van der Waals surface area contributed by atoms with Crippen molar-refractivity contribution in [2.75, 3.05) is 20.6 Å². The molecule has 2 saturated heterocycles. The van der Waals surface area contributed by atoms with E-state index in [0.29, 0.717) is 31.5 Å². The van der Waals surface area contributed by atoms with E-state index in [1.165, 1.54) is 12.1 Å². The minimum absolute atomic E-state index is 0.0199. The van der Waals surface area contributed by atoms with E-state index in [2.05, 4.69) is 0 Å². The highest BCUT2D eigenvalue weighted by atomic mass is 19.4. The summed E-state index contributed by atoms with van der Waals surface area (Å²) in [5.74, 6) is -0.198. The van der Waals surface area contributed by atoms with Crippen molar-refractivity contribution in [3.05, 3.63) is 71.0 Å². The average molecular weight is 506 g/mol. The highest BCUT2D eigenvalue weighted by Gasteiger charge is 2.47. The number of amides is 1. The van der Waals surface area contributed by atoms with Crippen LogP contribution in [0.2, 0.25) is 0 Å². The van der Waals surface area contributed by atoms with E-state index in [1.54, 1.807) is 23.1 Å². The van der Waals surface area contributed by atoms with Crippen LogP contribution < -0.4 is 0 Å². The maximum atomic E-state index is 12.9. The molecule has 3 unspecified atom stereocenters. The van der Waals surface area contributed by atoms with Crippen LogP contribution in [0.3, 0.4) is 0 Å². The van der Waals surface area contributed by atoms with E-state index in [9.17, 15) is 35.5 Å². The van der Waals surface area contributed by atoms with Gasteiger partial charge in [0.1, 0.15) is 5.82 Å². The summed E-state index contributed by atoms with van der Waals surface area (Å²) < 4.78 is 95.1. The van der Waals surface area contributed by atoms with Crippen molar-refractivity contribution >= 4 is 5.91 Å². The minimum atomic E-state index is -4.89. The van der Waals surface area contributed by atoms with Gasteiger partial charge in [0, 0.05) is 19.0 Å². The van der Waals surface area contributed by atoms with Gasteiger partial charge in [0.2, 0.25) is 5.91 Å². The van der Waals surface area contributed by atoms with Gasteiger partial charge in [-0.3, -0.25) is 4.79 Å². The first kappa shape index (κ1) is 26.9. The molecule has 3 atom stereocenters. The third kappa shape index (κ3) is 6.94. The predicted molar refractivity (Wildman–Crippen MR) is 114 cm³/mol. The van der Waals surface area contributed by atoms with Crippen LogP contribution in [0.15, 0.2) is 48.5 Å². The molecule has 2 fully saturated rings. The number of halogens is 7. The molecule has 2 aromatic rings. The summed E-state index contributed by atoms with van der Waals surface area (Å²) in [4.78, 5) is 15.7. The average Bonchev–Trinajstić information content (AvgIpc) is 3.32. The Balaban J connectivity index is 0.000000420. The first-order valence-electron chi connectivity index (χ1n) is 10.8. The van der Waals surface area contributed by atoms with Gasteiger partial charge in [-0.2, -0.15) is 26.3 Å². The van der Waals surface area contributed by atoms with Crippen LogP contribution in [0.25, 0.3) is 0 Å². The Morgan fingerprint density at radius 2 is 1.54 bits per heavy atom. The number of fused-ring (bicyclic) bond motifs is 1. The molecule has 0 N–H and O–H groups in total. The van der Waals surface area contributed by atoms with E-state index in [1.807, 2.05) is 19.0 Å². The Morgan fingerprint density at radius 1 is 0.971 bits per heavy atom. The number of rotatable bonds is 4. The summed E-state index contributed by atoms with van der Waals surface area (Å²) in [5.41, 5.74) is -2.93. The molecule has 0 aromatic heterocycles. The maximum absolute atomic E-state index is 12.9. The van der Waals surface area contributed by atoms with Gasteiger partial charge in [0.25, 0.3) is 0 Å². The van der Waals surface area contributed by atoms with Gasteiger partial charge < -0.3 is 14.5 Å². The van der Waals surface area contributed by atoms with Crippen molar-refractivity contribution in [2.24, 2.45) is 0 Å². The lowest BCUT2D eigenvalue weighted by atomic mass is 10.0. The van der Waals surface area contributed by atoms with Crippen LogP contribution in [0.1, 0.15) is 29.5 Å². The molecule has 2 aliphatic rings. The molecule has 4 rings (SSSR count). The third-order valence-corrected chi connectivity index (χ3v) is 5.98. The Kier molecular flexibility index (Phi) is 8.10.